The van der Waals surface area contributed by atoms with Gasteiger partial charge < -0.3 is 9.64 Å². The first-order valence-electron chi connectivity index (χ1n) is 9.19. The first-order chi connectivity index (χ1) is 13.5. The SMILES string of the molecule is C[C@H](c1cccc(F)c1)n1nnc2cc3c(cc2c1=O)O[C@H]1CCCN1C3=O. The summed E-state index contributed by atoms with van der Waals surface area (Å²) in [5.41, 5.74) is 0.979. The van der Waals surface area contributed by atoms with Crippen LogP contribution in [0, 0.1) is 5.82 Å². The van der Waals surface area contributed by atoms with Gasteiger partial charge >= 0.3 is 0 Å². The van der Waals surface area contributed by atoms with Gasteiger partial charge in [-0.2, -0.15) is 0 Å². The Morgan fingerprint density at radius 1 is 1.25 bits per heavy atom. The van der Waals surface area contributed by atoms with Gasteiger partial charge in [0.15, 0.2) is 6.23 Å². The van der Waals surface area contributed by atoms with Crippen molar-refractivity contribution in [3.8, 4) is 5.75 Å². The largest absolute Gasteiger partial charge is 0.470 e. The van der Waals surface area contributed by atoms with E-state index < -0.39 is 6.04 Å². The number of carbonyl (C=O) groups excluding carboxylic acids is 1. The van der Waals surface area contributed by atoms with Gasteiger partial charge in [0.1, 0.15) is 17.1 Å². The molecule has 7 nitrogen and oxygen atoms in total. The first-order valence-corrected chi connectivity index (χ1v) is 9.19. The minimum Gasteiger partial charge on any atom is -0.470 e. The molecule has 28 heavy (non-hydrogen) atoms. The molecule has 1 amide bonds. The van der Waals surface area contributed by atoms with E-state index in [0.29, 0.717) is 34.3 Å². The zero-order valence-electron chi connectivity index (χ0n) is 15.1. The molecule has 1 aromatic heterocycles. The summed E-state index contributed by atoms with van der Waals surface area (Å²) in [6.07, 6.45) is 1.39. The lowest BCUT2D eigenvalue weighted by Gasteiger charge is -2.31. The summed E-state index contributed by atoms with van der Waals surface area (Å²) in [5, 5.41) is 8.47. The van der Waals surface area contributed by atoms with E-state index in [2.05, 4.69) is 10.3 Å². The minimum atomic E-state index is -0.496. The number of hydrogen-bond donors (Lipinski definition) is 0. The zero-order valence-corrected chi connectivity index (χ0v) is 15.1. The smallest absolute Gasteiger partial charge is 0.278 e. The summed E-state index contributed by atoms with van der Waals surface area (Å²) in [5.74, 6) is -0.0892. The molecule has 0 radical (unpaired) electrons. The maximum absolute atomic E-state index is 13.6. The molecule has 0 N–H and O–H groups in total. The molecule has 142 valence electrons. The van der Waals surface area contributed by atoms with E-state index in [0.717, 1.165) is 12.8 Å². The van der Waals surface area contributed by atoms with Crippen LogP contribution >= 0.6 is 0 Å². The van der Waals surface area contributed by atoms with Crippen molar-refractivity contribution in [2.24, 2.45) is 0 Å². The van der Waals surface area contributed by atoms with Gasteiger partial charge in [0.05, 0.1) is 17.0 Å². The average molecular weight is 380 g/mol. The van der Waals surface area contributed by atoms with Crippen LogP contribution in [0.25, 0.3) is 10.9 Å². The monoisotopic (exact) mass is 380 g/mol. The highest BCUT2D eigenvalue weighted by Gasteiger charge is 2.37. The van der Waals surface area contributed by atoms with Crippen LogP contribution in [0.5, 0.6) is 5.75 Å². The molecule has 2 aromatic carbocycles. The van der Waals surface area contributed by atoms with Crippen LogP contribution in [-0.4, -0.2) is 38.6 Å². The molecule has 0 spiro atoms. The highest BCUT2D eigenvalue weighted by molar-refractivity contribution is 6.01. The molecule has 1 saturated heterocycles. The maximum atomic E-state index is 13.6. The summed E-state index contributed by atoms with van der Waals surface area (Å²) >= 11 is 0. The number of aromatic nitrogens is 3. The second kappa shape index (κ2) is 6.12. The molecule has 3 heterocycles. The Morgan fingerprint density at radius 2 is 2.11 bits per heavy atom. The molecule has 2 aliphatic heterocycles. The number of fused-ring (bicyclic) bond motifs is 3. The predicted molar refractivity (Wildman–Crippen MR) is 98.7 cm³/mol. The topological polar surface area (TPSA) is 77.3 Å². The number of nitrogens with zero attached hydrogens (tertiary/aromatic N) is 4. The van der Waals surface area contributed by atoms with E-state index in [9.17, 15) is 14.0 Å². The molecular formula is C20H17FN4O3. The van der Waals surface area contributed by atoms with Crippen molar-refractivity contribution in [1.82, 2.24) is 19.9 Å². The third-order valence-electron chi connectivity index (χ3n) is 5.44. The lowest BCUT2D eigenvalue weighted by molar-refractivity contribution is 0.0295. The normalized spacial score (nSPS) is 19.3. The van der Waals surface area contributed by atoms with Gasteiger partial charge in [-0.15, -0.1) is 5.10 Å². The summed E-state index contributed by atoms with van der Waals surface area (Å²) in [7, 11) is 0. The Morgan fingerprint density at radius 3 is 2.93 bits per heavy atom. The summed E-state index contributed by atoms with van der Waals surface area (Å²) in [6.45, 7) is 2.42. The Balaban J connectivity index is 1.62. The number of halogens is 1. The summed E-state index contributed by atoms with van der Waals surface area (Å²) in [6, 6.07) is 8.67. The van der Waals surface area contributed by atoms with E-state index in [1.165, 1.54) is 16.8 Å². The Bertz CT molecular complexity index is 1180. The van der Waals surface area contributed by atoms with E-state index in [1.54, 1.807) is 36.1 Å². The number of rotatable bonds is 2. The molecule has 0 saturated carbocycles. The molecule has 0 aliphatic carbocycles. The van der Waals surface area contributed by atoms with Crippen molar-refractivity contribution in [2.45, 2.75) is 32.0 Å². The maximum Gasteiger partial charge on any atom is 0.278 e. The molecule has 3 aromatic rings. The van der Waals surface area contributed by atoms with Crippen LogP contribution in [0.3, 0.4) is 0 Å². The lowest BCUT2D eigenvalue weighted by atomic mass is 10.1. The Hall–Kier alpha value is -3.29. The fraction of sp³-hybridized carbons (Fsp3) is 0.300. The van der Waals surface area contributed by atoms with Crippen molar-refractivity contribution in [2.75, 3.05) is 6.54 Å². The van der Waals surface area contributed by atoms with Crippen molar-refractivity contribution in [1.29, 1.82) is 0 Å². The second-order valence-corrected chi connectivity index (χ2v) is 7.15. The molecule has 5 rings (SSSR count). The van der Waals surface area contributed by atoms with Crippen molar-refractivity contribution in [3.05, 3.63) is 63.7 Å². The van der Waals surface area contributed by atoms with E-state index in [1.807, 2.05) is 0 Å². The fourth-order valence-corrected chi connectivity index (χ4v) is 3.90. The van der Waals surface area contributed by atoms with Crippen molar-refractivity contribution in [3.63, 3.8) is 0 Å². The molecule has 0 bridgehead atoms. The summed E-state index contributed by atoms with van der Waals surface area (Å²) in [4.78, 5) is 27.4. The van der Waals surface area contributed by atoms with Crippen LogP contribution < -0.4 is 10.3 Å². The Kier molecular flexibility index (Phi) is 3.68. The van der Waals surface area contributed by atoms with E-state index >= 15 is 0 Å². The van der Waals surface area contributed by atoms with Crippen LogP contribution in [0.2, 0.25) is 0 Å². The van der Waals surface area contributed by atoms with Gasteiger partial charge in [-0.1, -0.05) is 17.3 Å². The summed E-state index contributed by atoms with van der Waals surface area (Å²) < 4.78 is 20.7. The standard InChI is InChI=1S/C20H17FN4O3/c1-11(12-4-2-5-13(21)8-12)25-20(27)14-10-17-15(9-16(14)22-23-25)19(26)24-7-3-6-18(24)28-17/h2,4-5,8-11,18H,3,6-7H2,1H3/t11-,18+/m1/s1. The van der Waals surface area contributed by atoms with Crippen LogP contribution in [-0.2, 0) is 0 Å². The van der Waals surface area contributed by atoms with Crippen LogP contribution in [0.1, 0.15) is 41.7 Å². The zero-order chi connectivity index (χ0) is 19.4. The minimum absolute atomic E-state index is 0.107. The van der Waals surface area contributed by atoms with Gasteiger partial charge in [0, 0.05) is 13.0 Å². The van der Waals surface area contributed by atoms with Crippen molar-refractivity contribution >= 4 is 16.8 Å². The van der Waals surface area contributed by atoms with Crippen LogP contribution in [0.15, 0.2) is 41.2 Å². The Labute approximate surface area is 159 Å². The van der Waals surface area contributed by atoms with E-state index in [-0.39, 0.29) is 23.5 Å². The molecule has 1 fully saturated rings. The van der Waals surface area contributed by atoms with Gasteiger partial charge in [0.2, 0.25) is 0 Å². The average Bonchev–Trinajstić information content (AvgIpc) is 3.16. The fourth-order valence-electron chi connectivity index (χ4n) is 3.90. The number of carbonyl (C=O) groups is 1. The number of benzene rings is 2. The first kappa shape index (κ1) is 16.9. The number of hydrogen-bond acceptors (Lipinski definition) is 5. The van der Waals surface area contributed by atoms with E-state index in [4.69, 9.17) is 4.74 Å². The molecular weight excluding hydrogens is 363 g/mol. The predicted octanol–water partition coefficient (Wildman–Crippen LogP) is 2.49. The van der Waals surface area contributed by atoms with Crippen molar-refractivity contribution < 1.29 is 13.9 Å². The highest BCUT2D eigenvalue weighted by atomic mass is 19.1. The number of ether oxygens (including phenoxy) is 1. The third kappa shape index (κ3) is 2.48. The molecule has 2 aliphatic rings. The third-order valence-corrected chi connectivity index (χ3v) is 5.44. The molecule has 8 heteroatoms. The number of amides is 1. The van der Waals surface area contributed by atoms with Gasteiger partial charge in [-0.3, -0.25) is 9.59 Å². The van der Waals surface area contributed by atoms with Gasteiger partial charge in [-0.25, -0.2) is 9.07 Å². The van der Waals surface area contributed by atoms with Gasteiger partial charge in [0.25, 0.3) is 11.5 Å². The second-order valence-electron chi connectivity index (χ2n) is 7.15. The van der Waals surface area contributed by atoms with Crippen LogP contribution in [0.4, 0.5) is 4.39 Å². The highest BCUT2D eigenvalue weighted by Crippen LogP contribution is 2.34. The van der Waals surface area contributed by atoms with Gasteiger partial charge in [-0.05, 0) is 43.2 Å². The lowest BCUT2D eigenvalue weighted by Crippen LogP contribution is -2.43. The molecule has 0 unspecified atom stereocenters. The molecule has 2 atom stereocenters. The quantitative estimate of drug-likeness (QED) is 0.683.